The molecule has 5 rings (SSSR count). The highest BCUT2D eigenvalue weighted by molar-refractivity contribution is 7.90. The normalized spacial score (nSPS) is 14.4. The van der Waals surface area contributed by atoms with Gasteiger partial charge in [0.15, 0.2) is 21.5 Å². The standard InChI is InChI=1S/C22H20N6O4S2/c1-34(30,31)15-4-2-13(3-5-15)18(29)17-10-16-19(33-17)21(28-6-8-32-9-7-28)27-20(26-16)14-11-24-22(23)25-12-14/h2-5,10-12H,6-9H2,1H3,(H2,23,24,25). The summed E-state index contributed by atoms with van der Waals surface area (Å²) in [6, 6.07) is 7.66. The molecule has 1 aromatic carbocycles. The number of carbonyl (C=O) groups excluding carboxylic acids is 1. The number of thiophene rings is 1. The van der Waals surface area contributed by atoms with E-state index in [9.17, 15) is 13.2 Å². The lowest BCUT2D eigenvalue weighted by Gasteiger charge is -2.28. The fourth-order valence-corrected chi connectivity index (χ4v) is 5.30. The Morgan fingerprint density at radius 2 is 1.76 bits per heavy atom. The Bertz CT molecular complexity index is 1480. The molecule has 10 nitrogen and oxygen atoms in total. The lowest BCUT2D eigenvalue weighted by atomic mass is 10.1. The van der Waals surface area contributed by atoms with Crippen LogP contribution in [0.2, 0.25) is 0 Å². The number of rotatable bonds is 5. The molecule has 3 aromatic heterocycles. The van der Waals surface area contributed by atoms with E-state index in [1.165, 1.54) is 35.6 Å². The molecular formula is C22H20N6O4S2. The van der Waals surface area contributed by atoms with Crippen LogP contribution >= 0.6 is 11.3 Å². The number of nitrogens with two attached hydrogens (primary N) is 1. The number of morpholine rings is 1. The van der Waals surface area contributed by atoms with Crippen LogP contribution in [-0.4, -0.2) is 66.7 Å². The molecule has 0 atom stereocenters. The van der Waals surface area contributed by atoms with Gasteiger partial charge in [-0.15, -0.1) is 11.3 Å². The quantitative estimate of drug-likeness (QED) is 0.409. The maximum atomic E-state index is 13.2. The van der Waals surface area contributed by atoms with Gasteiger partial charge in [-0.3, -0.25) is 4.79 Å². The fourth-order valence-electron chi connectivity index (χ4n) is 3.59. The Hall–Kier alpha value is -3.48. The lowest BCUT2D eigenvalue weighted by molar-refractivity contribution is 0.104. The van der Waals surface area contributed by atoms with Crippen LogP contribution in [-0.2, 0) is 14.6 Å². The molecule has 0 radical (unpaired) electrons. The van der Waals surface area contributed by atoms with Gasteiger partial charge in [0, 0.05) is 37.3 Å². The smallest absolute Gasteiger partial charge is 0.219 e. The molecule has 0 saturated carbocycles. The van der Waals surface area contributed by atoms with Crippen LogP contribution in [0.25, 0.3) is 21.6 Å². The number of sulfone groups is 1. The summed E-state index contributed by atoms with van der Waals surface area (Å²) < 4.78 is 29.7. The van der Waals surface area contributed by atoms with Crippen molar-refractivity contribution in [3.8, 4) is 11.4 Å². The molecule has 4 aromatic rings. The second-order valence-corrected chi connectivity index (χ2v) is 10.8. The van der Waals surface area contributed by atoms with Gasteiger partial charge in [-0.05, 0) is 30.3 Å². The van der Waals surface area contributed by atoms with E-state index in [0.29, 0.717) is 53.6 Å². The highest BCUT2D eigenvalue weighted by atomic mass is 32.2. The number of benzene rings is 1. The zero-order chi connectivity index (χ0) is 23.9. The molecule has 1 saturated heterocycles. The largest absolute Gasteiger partial charge is 0.378 e. The van der Waals surface area contributed by atoms with Gasteiger partial charge in [0.05, 0.1) is 38.8 Å². The van der Waals surface area contributed by atoms with Crippen molar-refractivity contribution in [2.45, 2.75) is 4.90 Å². The Kier molecular flexibility index (Phi) is 5.71. The first-order valence-corrected chi connectivity index (χ1v) is 13.1. The van der Waals surface area contributed by atoms with Gasteiger partial charge in [0.1, 0.15) is 0 Å². The van der Waals surface area contributed by atoms with Crippen molar-refractivity contribution in [3.05, 3.63) is 53.2 Å². The topological polar surface area (TPSA) is 141 Å². The fraction of sp³-hybridized carbons (Fsp3) is 0.227. The second kappa shape index (κ2) is 8.70. The van der Waals surface area contributed by atoms with Gasteiger partial charge in [-0.1, -0.05) is 0 Å². The summed E-state index contributed by atoms with van der Waals surface area (Å²) in [5.74, 6) is 1.09. The number of anilines is 2. The molecule has 0 unspecified atom stereocenters. The monoisotopic (exact) mass is 496 g/mol. The van der Waals surface area contributed by atoms with Crippen molar-refractivity contribution in [1.82, 2.24) is 19.9 Å². The van der Waals surface area contributed by atoms with Crippen molar-refractivity contribution in [3.63, 3.8) is 0 Å². The van der Waals surface area contributed by atoms with Crippen LogP contribution in [0.4, 0.5) is 11.8 Å². The third-order valence-electron chi connectivity index (χ3n) is 5.36. The molecule has 1 aliphatic heterocycles. The first-order valence-electron chi connectivity index (χ1n) is 10.4. The molecule has 0 spiro atoms. The van der Waals surface area contributed by atoms with Crippen LogP contribution in [0.3, 0.4) is 0 Å². The van der Waals surface area contributed by atoms with Crippen LogP contribution < -0.4 is 10.6 Å². The Labute approximate surface area is 199 Å². The molecule has 2 N–H and O–H groups in total. The van der Waals surface area contributed by atoms with Crippen LogP contribution in [0.1, 0.15) is 15.2 Å². The van der Waals surface area contributed by atoms with Crippen molar-refractivity contribution >= 4 is 48.9 Å². The number of aromatic nitrogens is 4. The highest BCUT2D eigenvalue weighted by Gasteiger charge is 2.22. The van der Waals surface area contributed by atoms with E-state index in [1.54, 1.807) is 18.5 Å². The van der Waals surface area contributed by atoms with E-state index in [-0.39, 0.29) is 16.6 Å². The number of hydrogen-bond acceptors (Lipinski definition) is 11. The summed E-state index contributed by atoms with van der Waals surface area (Å²) in [5.41, 5.74) is 7.25. The summed E-state index contributed by atoms with van der Waals surface area (Å²) in [7, 11) is -3.34. The molecule has 0 bridgehead atoms. The average Bonchev–Trinajstić information content (AvgIpc) is 3.28. The van der Waals surface area contributed by atoms with E-state index in [0.717, 1.165) is 16.8 Å². The zero-order valence-corrected chi connectivity index (χ0v) is 19.8. The Balaban J connectivity index is 1.59. The molecule has 34 heavy (non-hydrogen) atoms. The molecule has 0 amide bonds. The molecule has 0 aliphatic carbocycles. The minimum Gasteiger partial charge on any atom is -0.378 e. The number of ketones is 1. The van der Waals surface area contributed by atoms with Crippen LogP contribution in [0, 0.1) is 0 Å². The molecule has 12 heteroatoms. The minimum atomic E-state index is -3.34. The molecule has 4 heterocycles. The van der Waals surface area contributed by atoms with Gasteiger partial charge in [0.2, 0.25) is 11.7 Å². The highest BCUT2D eigenvalue weighted by Crippen LogP contribution is 2.35. The first kappa shape index (κ1) is 22.3. The lowest BCUT2D eigenvalue weighted by Crippen LogP contribution is -2.36. The van der Waals surface area contributed by atoms with E-state index in [4.69, 9.17) is 15.5 Å². The maximum absolute atomic E-state index is 13.2. The second-order valence-electron chi connectivity index (χ2n) is 7.75. The van der Waals surface area contributed by atoms with Crippen molar-refractivity contribution in [1.29, 1.82) is 0 Å². The van der Waals surface area contributed by atoms with Gasteiger partial charge in [-0.25, -0.2) is 28.4 Å². The third kappa shape index (κ3) is 4.34. The third-order valence-corrected chi connectivity index (χ3v) is 7.61. The van der Waals surface area contributed by atoms with Crippen molar-refractivity contribution < 1.29 is 17.9 Å². The summed E-state index contributed by atoms with van der Waals surface area (Å²) in [4.78, 5) is 33.5. The number of carbonyl (C=O) groups is 1. The van der Waals surface area contributed by atoms with Gasteiger partial charge in [-0.2, -0.15) is 0 Å². The predicted octanol–water partition coefficient (Wildman–Crippen LogP) is 2.20. The van der Waals surface area contributed by atoms with Crippen LogP contribution in [0.5, 0.6) is 0 Å². The number of nitrogens with zero attached hydrogens (tertiary/aromatic N) is 5. The number of hydrogen-bond donors (Lipinski definition) is 1. The van der Waals surface area contributed by atoms with Crippen molar-refractivity contribution in [2.24, 2.45) is 0 Å². The number of fused-ring (bicyclic) bond motifs is 1. The van der Waals surface area contributed by atoms with E-state index < -0.39 is 9.84 Å². The minimum absolute atomic E-state index is 0.156. The van der Waals surface area contributed by atoms with Crippen molar-refractivity contribution in [2.75, 3.05) is 43.2 Å². The number of nitrogen functional groups attached to an aromatic ring is 1. The zero-order valence-electron chi connectivity index (χ0n) is 18.1. The van der Waals surface area contributed by atoms with E-state index in [1.807, 2.05) is 0 Å². The summed E-state index contributed by atoms with van der Waals surface area (Å²) in [5, 5.41) is 0. The van der Waals surface area contributed by atoms with E-state index in [2.05, 4.69) is 19.9 Å². The first-order chi connectivity index (χ1) is 16.3. The summed E-state index contributed by atoms with van der Waals surface area (Å²) in [6.07, 6.45) is 4.26. The van der Waals surface area contributed by atoms with Gasteiger partial charge < -0.3 is 15.4 Å². The van der Waals surface area contributed by atoms with Crippen LogP contribution in [0.15, 0.2) is 47.6 Å². The summed E-state index contributed by atoms with van der Waals surface area (Å²) in [6.45, 7) is 2.49. The summed E-state index contributed by atoms with van der Waals surface area (Å²) >= 11 is 1.31. The molecular weight excluding hydrogens is 476 g/mol. The predicted molar refractivity (Wildman–Crippen MR) is 129 cm³/mol. The Morgan fingerprint density at radius 3 is 2.41 bits per heavy atom. The number of ether oxygens (including phenoxy) is 1. The van der Waals surface area contributed by atoms with Gasteiger partial charge >= 0.3 is 0 Å². The van der Waals surface area contributed by atoms with Gasteiger partial charge in [0.25, 0.3) is 0 Å². The molecule has 1 fully saturated rings. The maximum Gasteiger partial charge on any atom is 0.219 e. The van der Waals surface area contributed by atoms with E-state index >= 15 is 0 Å². The average molecular weight is 497 g/mol. The molecule has 174 valence electrons. The SMILES string of the molecule is CS(=O)(=O)c1ccc(C(=O)c2cc3nc(-c4cnc(N)nc4)nc(N4CCOCC4)c3s2)cc1. The molecule has 1 aliphatic rings. The Morgan fingerprint density at radius 1 is 1.09 bits per heavy atom.